The van der Waals surface area contributed by atoms with Crippen molar-refractivity contribution in [1.82, 2.24) is 5.32 Å². The number of nitrogens with one attached hydrogen (secondary N) is 1. The van der Waals surface area contributed by atoms with Gasteiger partial charge in [0.1, 0.15) is 5.54 Å². The highest BCUT2D eigenvalue weighted by Crippen LogP contribution is 2.41. The summed E-state index contributed by atoms with van der Waals surface area (Å²) in [5, 5.41) is 3.85. The van der Waals surface area contributed by atoms with E-state index in [9.17, 15) is 4.79 Å². The number of carbonyl (C=O) groups is 1. The first-order valence-electron chi connectivity index (χ1n) is 7.75. The Morgan fingerprint density at radius 2 is 2.29 bits per heavy atom. The van der Waals surface area contributed by atoms with Crippen LogP contribution in [0.5, 0.6) is 0 Å². The van der Waals surface area contributed by atoms with Crippen molar-refractivity contribution in [2.45, 2.75) is 55.7 Å². The zero-order chi connectivity index (χ0) is 15.3. The first-order valence-corrected chi connectivity index (χ1v) is 8.63. The van der Waals surface area contributed by atoms with E-state index >= 15 is 0 Å². The van der Waals surface area contributed by atoms with Crippen molar-refractivity contribution in [3.63, 3.8) is 0 Å². The molecule has 116 valence electrons. The Hall–Kier alpha value is -1.00. The quantitative estimate of drug-likeness (QED) is 0.816. The van der Waals surface area contributed by atoms with Crippen LogP contribution < -0.4 is 5.32 Å². The summed E-state index contributed by atoms with van der Waals surface area (Å²) < 4.78 is 5.29. The van der Waals surface area contributed by atoms with E-state index in [0.717, 1.165) is 25.8 Å². The van der Waals surface area contributed by atoms with Crippen molar-refractivity contribution in [2.24, 2.45) is 0 Å². The van der Waals surface area contributed by atoms with E-state index in [-0.39, 0.29) is 5.97 Å². The minimum absolute atomic E-state index is 0.0841. The van der Waals surface area contributed by atoms with Crippen LogP contribution in [0, 0.1) is 6.92 Å². The topological polar surface area (TPSA) is 38.3 Å². The van der Waals surface area contributed by atoms with Crippen LogP contribution in [0.3, 0.4) is 0 Å². The molecule has 1 saturated carbocycles. The van der Waals surface area contributed by atoms with E-state index in [0.29, 0.717) is 11.9 Å². The number of hydrogen-bond donors (Lipinski definition) is 1. The fourth-order valence-electron chi connectivity index (χ4n) is 3.01. The van der Waals surface area contributed by atoms with Gasteiger partial charge in [-0.2, -0.15) is 0 Å². The minimum atomic E-state index is -0.480. The molecule has 21 heavy (non-hydrogen) atoms. The van der Waals surface area contributed by atoms with Gasteiger partial charge in [-0.05, 0) is 51.8 Å². The van der Waals surface area contributed by atoms with E-state index in [1.54, 1.807) is 0 Å². The molecular weight excluding hydrogens is 282 g/mol. The van der Waals surface area contributed by atoms with Crippen LogP contribution in [0.2, 0.25) is 0 Å². The first-order chi connectivity index (χ1) is 10.1. The smallest absolute Gasteiger partial charge is 0.326 e. The molecule has 2 rings (SSSR count). The van der Waals surface area contributed by atoms with Crippen molar-refractivity contribution in [3.8, 4) is 0 Å². The normalized spacial score (nSPS) is 25.0. The van der Waals surface area contributed by atoms with Crippen molar-refractivity contribution in [3.05, 3.63) is 29.8 Å². The molecular formula is C17H25NO2S. The molecule has 2 unspecified atom stereocenters. The largest absolute Gasteiger partial charge is 0.465 e. The third kappa shape index (κ3) is 4.01. The maximum Gasteiger partial charge on any atom is 0.326 e. The van der Waals surface area contributed by atoms with Crippen LogP contribution in [0.25, 0.3) is 0 Å². The number of likely N-dealkylation sites (N-methyl/N-ethyl adjacent to an activating group) is 1. The zero-order valence-electron chi connectivity index (χ0n) is 13.1. The summed E-state index contributed by atoms with van der Waals surface area (Å²) in [7, 11) is 0. The highest BCUT2D eigenvalue weighted by molar-refractivity contribution is 8.00. The zero-order valence-corrected chi connectivity index (χ0v) is 14.0. The molecule has 0 amide bonds. The number of esters is 1. The van der Waals surface area contributed by atoms with Crippen LogP contribution in [-0.4, -0.2) is 29.9 Å². The number of ether oxygens (including phenoxy) is 1. The standard InChI is InChI=1S/C17H25NO2S/c1-4-18-17(16(19)20-5-2)10-9-15(12-17)21-14-8-6-7-13(3)11-14/h6-8,11,15,18H,4-5,9-10,12H2,1-3H3. The molecule has 1 aliphatic carbocycles. The first kappa shape index (κ1) is 16.4. The fraction of sp³-hybridized carbons (Fsp3) is 0.588. The van der Waals surface area contributed by atoms with E-state index in [2.05, 4.69) is 36.5 Å². The van der Waals surface area contributed by atoms with Crippen LogP contribution in [0.1, 0.15) is 38.7 Å². The third-order valence-corrected chi connectivity index (χ3v) is 5.20. The molecule has 4 heteroatoms. The van der Waals surface area contributed by atoms with Gasteiger partial charge in [-0.25, -0.2) is 0 Å². The lowest BCUT2D eigenvalue weighted by molar-refractivity contribution is -0.151. The predicted molar refractivity (Wildman–Crippen MR) is 87.7 cm³/mol. The Bertz CT molecular complexity index is 491. The molecule has 1 aliphatic rings. The molecule has 1 N–H and O–H groups in total. The van der Waals surface area contributed by atoms with Crippen molar-refractivity contribution >= 4 is 17.7 Å². The Kier molecular flexibility index (Phi) is 5.71. The average Bonchev–Trinajstić information content (AvgIpc) is 2.84. The number of aryl methyl sites for hydroxylation is 1. The summed E-state index contributed by atoms with van der Waals surface area (Å²) in [5.41, 5.74) is 0.799. The molecule has 0 aromatic heterocycles. The number of benzene rings is 1. The number of rotatable bonds is 6. The number of carbonyl (C=O) groups excluding carboxylic acids is 1. The van der Waals surface area contributed by atoms with Gasteiger partial charge in [0.25, 0.3) is 0 Å². The van der Waals surface area contributed by atoms with Crippen LogP contribution in [-0.2, 0) is 9.53 Å². The summed E-state index contributed by atoms with van der Waals surface area (Å²) >= 11 is 1.88. The second-order valence-electron chi connectivity index (χ2n) is 5.63. The van der Waals surface area contributed by atoms with Gasteiger partial charge in [-0.3, -0.25) is 4.79 Å². The van der Waals surface area contributed by atoms with Gasteiger partial charge in [0.05, 0.1) is 6.61 Å². The lowest BCUT2D eigenvalue weighted by Crippen LogP contribution is -2.51. The molecule has 1 aromatic carbocycles. The number of thioether (sulfide) groups is 1. The summed E-state index contributed by atoms with van der Waals surface area (Å²) in [5.74, 6) is -0.0841. The van der Waals surface area contributed by atoms with Crippen LogP contribution >= 0.6 is 11.8 Å². The minimum Gasteiger partial charge on any atom is -0.465 e. The lowest BCUT2D eigenvalue weighted by atomic mass is 9.98. The highest BCUT2D eigenvalue weighted by Gasteiger charge is 2.46. The van der Waals surface area contributed by atoms with Gasteiger partial charge in [0, 0.05) is 10.1 Å². The van der Waals surface area contributed by atoms with Crippen LogP contribution in [0.4, 0.5) is 0 Å². The Morgan fingerprint density at radius 3 is 2.95 bits per heavy atom. The Labute approximate surface area is 131 Å². The Balaban J connectivity index is 2.04. The molecule has 0 aliphatic heterocycles. The van der Waals surface area contributed by atoms with Crippen molar-refractivity contribution in [2.75, 3.05) is 13.2 Å². The molecule has 2 atom stereocenters. The van der Waals surface area contributed by atoms with Crippen LogP contribution in [0.15, 0.2) is 29.2 Å². The van der Waals surface area contributed by atoms with Gasteiger partial charge >= 0.3 is 5.97 Å². The van der Waals surface area contributed by atoms with Gasteiger partial charge < -0.3 is 10.1 Å². The van der Waals surface area contributed by atoms with E-state index < -0.39 is 5.54 Å². The van der Waals surface area contributed by atoms with E-state index in [1.807, 2.05) is 25.6 Å². The summed E-state index contributed by atoms with van der Waals surface area (Å²) in [6.07, 6.45) is 2.76. The molecule has 0 radical (unpaired) electrons. The van der Waals surface area contributed by atoms with Gasteiger partial charge in [-0.15, -0.1) is 11.8 Å². The second kappa shape index (κ2) is 7.32. The lowest BCUT2D eigenvalue weighted by Gasteiger charge is -2.27. The molecule has 1 aromatic rings. The van der Waals surface area contributed by atoms with Gasteiger partial charge in [0.2, 0.25) is 0 Å². The average molecular weight is 307 g/mol. The molecule has 3 nitrogen and oxygen atoms in total. The Morgan fingerprint density at radius 1 is 1.48 bits per heavy atom. The predicted octanol–water partition coefficient (Wildman–Crippen LogP) is 3.55. The molecule has 0 saturated heterocycles. The summed E-state index contributed by atoms with van der Waals surface area (Å²) in [6, 6.07) is 8.56. The summed E-state index contributed by atoms with van der Waals surface area (Å²) in [6.45, 7) is 7.26. The maximum absolute atomic E-state index is 12.3. The molecule has 0 heterocycles. The fourth-order valence-corrected chi connectivity index (χ4v) is 4.41. The highest BCUT2D eigenvalue weighted by atomic mass is 32.2. The third-order valence-electron chi connectivity index (χ3n) is 3.94. The number of hydrogen-bond acceptors (Lipinski definition) is 4. The van der Waals surface area contributed by atoms with E-state index in [4.69, 9.17) is 4.74 Å². The van der Waals surface area contributed by atoms with Gasteiger partial charge in [0.15, 0.2) is 0 Å². The molecule has 0 bridgehead atoms. The molecule has 0 spiro atoms. The second-order valence-corrected chi connectivity index (χ2v) is 7.01. The monoisotopic (exact) mass is 307 g/mol. The van der Waals surface area contributed by atoms with Crippen molar-refractivity contribution < 1.29 is 9.53 Å². The summed E-state index contributed by atoms with van der Waals surface area (Å²) in [4.78, 5) is 13.6. The molecule has 1 fully saturated rings. The van der Waals surface area contributed by atoms with E-state index in [1.165, 1.54) is 10.5 Å². The maximum atomic E-state index is 12.3. The van der Waals surface area contributed by atoms with Gasteiger partial charge in [-0.1, -0.05) is 24.6 Å². The van der Waals surface area contributed by atoms with Crippen molar-refractivity contribution in [1.29, 1.82) is 0 Å². The SMILES string of the molecule is CCNC1(C(=O)OCC)CCC(Sc2cccc(C)c2)C1.